The number of anilines is 1. The van der Waals surface area contributed by atoms with E-state index in [0.29, 0.717) is 30.8 Å². The van der Waals surface area contributed by atoms with E-state index >= 15 is 0 Å². The molecule has 2 aromatic rings. The minimum atomic E-state index is -3.74. The number of sulfonamides is 1. The van der Waals surface area contributed by atoms with Crippen molar-refractivity contribution in [2.24, 2.45) is 0 Å². The SMILES string of the molecule is CNCCNC(=O)c1cccc(S(=O)(=O)N2c3ccccc3CC2C)c1. The molecule has 0 spiro atoms. The lowest BCUT2D eigenvalue weighted by atomic mass is 10.1. The topological polar surface area (TPSA) is 78.5 Å². The lowest BCUT2D eigenvalue weighted by Gasteiger charge is -2.24. The second-order valence-corrected chi connectivity index (χ2v) is 8.18. The van der Waals surface area contributed by atoms with Crippen LogP contribution in [0.2, 0.25) is 0 Å². The number of nitrogens with zero attached hydrogens (tertiary/aromatic N) is 1. The van der Waals surface area contributed by atoms with Crippen molar-refractivity contribution in [3.63, 3.8) is 0 Å². The maximum Gasteiger partial charge on any atom is 0.264 e. The fourth-order valence-corrected chi connectivity index (χ4v) is 4.96. The van der Waals surface area contributed by atoms with Crippen molar-refractivity contribution in [2.45, 2.75) is 24.3 Å². The molecule has 1 amide bonds. The lowest BCUT2D eigenvalue weighted by molar-refractivity contribution is 0.0954. The highest BCUT2D eigenvalue weighted by Crippen LogP contribution is 2.36. The van der Waals surface area contributed by atoms with E-state index in [0.717, 1.165) is 5.56 Å². The van der Waals surface area contributed by atoms with E-state index in [1.807, 2.05) is 31.2 Å². The molecule has 1 aliphatic heterocycles. The Hall–Kier alpha value is -2.38. The van der Waals surface area contributed by atoms with Crippen LogP contribution in [0.4, 0.5) is 5.69 Å². The molecule has 7 heteroatoms. The van der Waals surface area contributed by atoms with Crippen molar-refractivity contribution in [2.75, 3.05) is 24.4 Å². The molecule has 2 aromatic carbocycles. The van der Waals surface area contributed by atoms with Gasteiger partial charge < -0.3 is 10.6 Å². The molecule has 138 valence electrons. The van der Waals surface area contributed by atoms with Gasteiger partial charge in [0.25, 0.3) is 15.9 Å². The van der Waals surface area contributed by atoms with Gasteiger partial charge in [-0.15, -0.1) is 0 Å². The molecule has 0 radical (unpaired) electrons. The molecule has 0 bridgehead atoms. The Labute approximate surface area is 154 Å². The van der Waals surface area contributed by atoms with Gasteiger partial charge in [0.05, 0.1) is 10.6 Å². The van der Waals surface area contributed by atoms with Gasteiger partial charge >= 0.3 is 0 Å². The van der Waals surface area contributed by atoms with Crippen LogP contribution in [0.1, 0.15) is 22.8 Å². The average Bonchev–Trinajstić information content (AvgIpc) is 2.98. The monoisotopic (exact) mass is 373 g/mol. The van der Waals surface area contributed by atoms with Crippen LogP contribution < -0.4 is 14.9 Å². The lowest BCUT2D eigenvalue weighted by Crippen LogP contribution is -2.36. The van der Waals surface area contributed by atoms with Crippen molar-refractivity contribution in [1.29, 1.82) is 0 Å². The smallest absolute Gasteiger partial charge is 0.264 e. The first-order valence-electron chi connectivity index (χ1n) is 8.60. The zero-order chi connectivity index (χ0) is 18.7. The predicted molar refractivity (Wildman–Crippen MR) is 102 cm³/mol. The summed E-state index contributed by atoms with van der Waals surface area (Å²) in [6.45, 7) is 3.01. The van der Waals surface area contributed by atoms with Crippen LogP contribution in [0, 0.1) is 0 Å². The molecule has 0 fully saturated rings. The van der Waals surface area contributed by atoms with Crippen molar-refractivity contribution in [3.05, 3.63) is 59.7 Å². The third kappa shape index (κ3) is 3.45. The maximum atomic E-state index is 13.2. The second-order valence-electron chi connectivity index (χ2n) is 6.37. The molecular formula is C19H23N3O3S. The largest absolute Gasteiger partial charge is 0.351 e. The van der Waals surface area contributed by atoms with Gasteiger partial charge in [0, 0.05) is 24.7 Å². The normalized spacial score (nSPS) is 16.4. The van der Waals surface area contributed by atoms with E-state index in [1.165, 1.54) is 16.4 Å². The number of hydrogen-bond donors (Lipinski definition) is 2. The highest BCUT2D eigenvalue weighted by molar-refractivity contribution is 7.92. The third-order valence-electron chi connectivity index (χ3n) is 4.46. The van der Waals surface area contributed by atoms with Crippen LogP contribution in [-0.4, -0.2) is 40.5 Å². The Balaban J connectivity index is 1.91. The van der Waals surface area contributed by atoms with Gasteiger partial charge in [0.1, 0.15) is 0 Å². The van der Waals surface area contributed by atoms with Crippen LogP contribution in [-0.2, 0) is 16.4 Å². The van der Waals surface area contributed by atoms with E-state index in [-0.39, 0.29) is 16.8 Å². The van der Waals surface area contributed by atoms with Crippen molar-refractivity contribution >= 4 is 21.6 Å². The van der Waals surface area contributed by atoms with Crippen LogP contribution in [0.3, 0.4) is 0 Å². The van der Waals surface area contributed by atoms with Crippen molar-refractivity contribution in [3.8, 4) is 0 Å². The summed E-state index contributed by atoms with van der Waals surface area (Å²) in [5.74, 6) is -0.285. The average molecular weight is 373 g/mol. The number of para-hydroxylation sites is 1. The summed E-state index contributed by atoms with van der Waals surface area (Å²) < 4.78 is 27.9. The van der Waals surface area contributed by atoms with Gasteiger partial charge in [0.2, 0.25) is 0 Å². The second kappa shape index (κ2) is 7.47. The van der Waals surface area contributed by atoms with E-state index in [2.05, 4.69) is 10.6 Å². The van der Waals surface area contributed by atoms with Crippen molar-refractivity contribution in [1.82, 2.24) is 10.6 Å². The molecule has 0 saturated carbocycles. The molecule has 0 saturated heterocycles. The Morgan fingerprint density at radius 2 is 1.92 bits per heavy atom. The quantitative estimate of drug-likeness (QED) is 0.757. The molecular weight excluding hydrogens is 350 g/mol. The Bertz CT molecular complexity index is 912. The Morgan fingerprint density at radius 1 is 1.15 bits per heavy atom. The van der Waals surface area contributed by atoms with E-state index in [1.54, 1.807) is 19.2 Å². The van der Waals surface area contributed by atoms with Gasteiger partial charge in [0.15, 0.2) is 0 Å². The van der Waals surface area contributed by atoms with Gasteiger partial charge in [-0.2, -0.15) is 0 Å². The summed E-state index contributed by atoms with van der Waals surface area (Å²) in [5.41, 5.74) is 2.07. The molecule has 0 aliphatic carbocycles. The Morgan fingerprint density at radius 3 is 2.69 bits per heavy atom. The number of fused-ring (bicyclic) bond motifs is 1. The zero-order valence-electron chi connectivity index (χ0n) is 14.9. The highest BCUT2D eigenvalue weighted by atomic mass is 32.2. The van der Waals surface area contributed by atoms with Crippen LogP contribution in [0.5, 0.6) is 0 Å². The number of nitrogens with one attached hydrogen (secondary N) is 2. The summed E-state index contributed by atoms with van der Waals surface area (Å²) in [5, 5.41) is 5.71. The van der Waals surface area contributed by atoms with E-state index in [4.69, 9.17) is 0 Å². The summed E-state index contributed by atoms with van der Waals surface area (Å²) in [7, 11) is -1.94. The van der Waals surface area contributed by atoms with Gasteiger partial charge in [-0.1, -0.05) is 24.3 Å². The van der Waals surface area contributed by atoms with Crippen molar-refractivity contribution < 1.29 is 13.2 Å². The first-order chi connectivity index (χ1) is 12.4. The minimum absolute atomic E-state index is 0.127. The van der Waals surface area contributed by atoms with Gasteiger partial charge in [-0.3, -0.25) is 9.10 Å². The zero-order valence-corrected chi connectivity index (χ0v) is 15.7. The molecule has 26 heavy (non-hydrogen) atoms. The summed E-state index contributed by atoms with van der Waals surface area (Å²) in [6, 6.07) is 13.6. The molecule has 3 rings (SSSR count). The fraction of sp³-hybridized carbons (Fsp3) is 0.316. The molecule has 6 nitrogen and oxygen atoms in total. The molecule has 1 unspecified atom stereocenters. The molecule has 0 aromatic heterocycles. The third-order valence-corrected chi connectivity index (χ3v) is 6.38. The number of rotatable bonds is 6. The fourth-order valence-electron chi connectivity index (χ4n) is 3.22. The maximum absolute atomic E-state index is 13.2. The summed E-state index contributed by atoms with van der Waals surface area (Å²) in [4.78, 5) is 12.4. The molecule has 2 N–H and O–H groups in total. The number of carbonyl (C=O) groups is 1. The number of benzene rings is 2. The van der Waals surface area contributed by atoms with Crippen LogP contribution in [0.15, 0.2) is 53.4 Å². The van der Waals surface area contributed by atoms with Crippen LogP contribution in [0.25, 0.3) is 0 Å². The summed E-state index contributed by atoms with van der Waals surface area (Å²) >= 11 is 0. The van der Waals surface area contributed by atoms with Crippen LogP contribution >= 0.6 is 0 Å². The van der Waals surface area contributed by atoms with E-state index < -0.39 is 10.0 Å². The highest BCUT2D eigenvalue weighted by Gasteiger charge is 2.36. The number of amides is 1. The first kappa shape index (κ1) is 18.4. The molecule has 1 heterocycles. The summed E-state index contributed by atoms with van der Waals surface area (Å²) in [6.07, 6.45) is 0.680. The Kier molecular flexibility index (Phi) is 5.29. The minimum Gasteiger partial charge on any atom is -0.351 e. The van der Waals surface area contributed by atoms with E-state index in [9.17, 15) is 13.2 Å². The number of hydrogen-bond acceptors (Lipinski definition) is 4. The first-order valence-corrected chi connectivity index (χ1v) is 10.0. The molecule has 1 atom stereocenters. The number of carbonyl (C=O) groups excluding carboxylic acids is 1. The van der Waals surface area contributed by atoms with Gasteiger partial charge in [-0.05, 0) is 50.2 Å². The number of likely N-dealkylation sites (N-methyl/N-ethyl adjacent to an activating group) is 1. The molecule has 1 aliphatic rings. The van der Waals surface area contributed by atoms with Gasteiger partial charge in [-0.25, -0.2) is 8.42 Å². The predicted octanol–water partition coefficient (Wildman–Crippen LogP) is 1.78. The standard InChI is InChI=1S/C19H23N3O3S/c1-14-12-15-6-3-4-9-18(15)22(14)26(24,25)17-8-5-7-16(13-17)19(23)21-11-10-20-2/h3-9,13-14,20H,10-12H2,1-2H3,(H,21,23).